The van der Waals surface area contributed by atoms with Crippen LogP contribution in [0.1, 0.15) is 159 Å². The first kappa shape index (κ1) is 27.9. The van der Waals surface area contributed by atoms with Crippen molar-refractivity contribution in [3.8, 4) is 5.75 Å². The van der Waals surface area contributed by atoms with Gasteiger partial charge in [0.05, 0.1) is 6.61 Å². The summed E-state index contributed by atoms with van der Waals surface area (Å²) in [6.07, 6.45) is 27.2. The van der Waals surface area contributed by atoms with Crippen molar-refractivity contribution in [2.75, 3.05) is 13.2 Å². The van der Waals surface area contributed by atoms with E-state index in [0.717, 1.165) is 66.5 Å². The van der Waals surface area contributed by atoms with Gasteiger partial charge in [0, 0.05) is 16.5 Å². The molecule has 2 heteroatoms. The number of ether oxygens (including phenoxy) is 2. The summed E-state index contributed by atoms with van der Waals surface area (Å²) in [6.45, 7) is 9.47. The van der Waals surface area contributed by atoms with Crippen LogP contribution in [0.4, 0.5) is 0 Å². The number of rotatable bonds is 6. The summed E-state index contributed by atoms with van der Waals surface area (Å²) in [5.41, 5.74) is 8.55. The van der Waals surface area contributed by atoms with E-state index in [4.69, 9.17) is 9.47 Å². The zero-order valence-corrected chi connectivity index (χ0v) is 28.8. The van der Waals surface area contributed by atoms with Crippen molar-refractivity contribution in [1.29, 1.82) is 0 Å². The molecular formula is C43H60O2. The summed E-state index contributed by atoms with van der Waals surface area (Å²) in [6, 6.07) is 2.90. The van der Waals surface area contributed by atoms with E-state index in [-0.39, 0.29) is 5.41 Å². The lowest BCUT2D eigenvalue weighted by Crippen LogP contribution is -2.54. The lowest BCUT2D eigenvalue weighted by molar-refractivity contribution is -0.0207. The van der Waals surface area contributed by atoms with Gasteiger partial charge in [0.15, 0.2) is 0 Å². The Morgan fingerprint density at radius 1 is 0.578 bits per heavy atom. The molecule has 14 rings (SSSR count). The van der Waals surface area contributed by atoms with E-state index in [1.54, 1.807) is 11.1 Å². The van der Waals surface area contributed by atoms with Gasteiger partial charge < -0.3 is 9.47 Å². The third-order valence-electron chi connectivity index (χ3n) is 16.7. The van der Waals surface area contributed by atoms with Gasteiger partial charge in [0.2, 0.25) is 0 Å². The molecule has 13 fully saturated rings. The lowest BCUT2D eigenvalue weighted by Gasteiger charge is -2.62. The van der Waals surface area contributed by atoms with Crippen molar-refractivity contribution in [1.82, 2.24) is 0 Å². The van der Waals surface area contributed by atoms with Crippen molar-refractivity contribution in [3.63, 3.8) is 0 Å². The zero-order chi connectivity index (χ0) is 29.9. The third-order valence-corrected chi connectivity index (χ3v) is 16.7. The molecule has 0 amide bonds. The molecule has 0 spiro atoms. The minimum absolute atomic E-state index is 0.158. The van der Waals surface area contributed by atoms with Gasteiger partial charge >= 0.3 is 0 Å². The maximum Gasteiger partial charge on any atom is 0.127 e. The molecule has 12 saturated carbocycles. The Hall–Kier alpha value is -1.02. The molecule has 1 aromatic carbocycles. The van der Waals surface area contributed by atoms with Crippen LogP contribution < -0.4 is 4.74 Å². The van der Waals surface area contributed by atoms with Gasteiger partial charge in [-0.2, -0.15) is 0 Å². The van der Waals surface area contributed by atoms with Crippen molar-refractivity contribution < 1.29 is 9.47 Å². The first-order valence-corrected chi connectivity index (χ1v) is 20.1. The summed E-state index contributed by atoms with van der Waals surface area (Å²) in [4.78, 5) is 0. The molecule has 1 unspecified atom stereocenters. The third kappa shape index (κ3) is 4.14. The van der Waals surface area contributed by atoms with Gasteiger partial charge in [-0.15, -0.1) is 0 Å². The quantitative estimate of drug-likeness (QED) is 0.300. The van der Waals surface area contributed by atoms with Crippen LogP contribution in [0, 0.1) is 53.3 Å². The maximum absolute atomic E-state index is 7.52. The largest absolute Gasteiger partial charge is 0.490 e. The summed E-state index contributed by atoms with van der Waals surface area (Å²) in [7, 11) is 0. The first-order valence-electron chi connectivity index (χ1n) is 20.1. The number of epoxide rings is 1. The molecule has 1 atom stereocenters. The van der Waals surface area contributed by atoms with Crippen molar-refractivity contribution >= 4 is 0 Å². The molecule has 45 heavy (non-hydrogen) atoms. The average molecular weight is 609 g/mol. The highest BCUT2D eigenvalue weighted by atomic mass is 16.6. The molecule has 0 N–H and O–H groups in total. The molecule has 12 bridgehead atoms. The Morgan fingerprint density at radius 3 is 1.29 bits per heavy atom. The van der Waals surface area contributed by atoms with Crippen LogP contribution in [0.2, 0.25) is 0 Å². The second kappa shape index (κ2) is 9.15. The monoisotopic (exact) mass is 608 g/mol. The second-order valence-electron chi connectivity index (χ2n) is 21.2. The van der Waals surface area contributed by atoms with Gasteiger partial charge in [0.1, 0.15) is 18.5 Å². The van der Waals surface area contributed by atoms with Crippen LogP contribution in [0.5, 0.6) is 5.75 Å². The Labute approximate surface area is 273 Å². The Bertz CT molecular complexity index is 1300. The van der Waals surface area contributed by atoms with E-state index < -0.39 is 0 Å². The number of hydrogen-bond donors (Lipinski definition) is 0. The van der Waals surface area contributed by atoms with E-state index in [1.807, 2.05) is 11.1 Å². The van der Waals surface area contributed by atoms with Gasteiger partial charge in [-0.05, 0) is 196 Å². The van der Waals surface area contributed by atoms with Gasteiger partial charge in [-0.1, -0.05) is 26.8 Å². The molecule has 12 aliphatic carbocycles. The van der Waals surface area contributed by atoms with Crippen molar-refractivity contribution in [2.45, 2.75) is 164 Å². The Kier molecular flexibility index (Phi) is 5.67. The fraction of sp³-hybridized carbons (Fsp3) is 0.860. The predicted octanol–water partition coefficient (Wildman–Crippen LogP) is 10.2. The molecular weight excluding hydrogens is 548 g/mol. The molecule has 13 aliphatic rings. The molecule has 1 saturated heterocycles. The van der Waals surface area contributed by atoms with E-state index in [1.165, 1.54) is 121 Å². The van der Waals surface area contributed by atoms with Crippen molar-refractivity contribution in [3.05, 3.63) is 28.3 Å². The van der Waals surface area contributed by atoms with Gasteiger partial charge in [-0.25, -0.2) is 0 Å². The first-order chi connectivity index (χ1) is 21.6. The molecule has 1 heterocycles. The average Bonchev–Trinajstić information content (AvgIpc) is 3.77. The van der Waals surface area contributed by atoms with Crippen LogP contribution in [-0.4, -0.2) is 19.3 Å². The molecule has 1 aliphatic heterocycles. The maximum atomic E-state index is 7.52. The topological polar surface area (TPSA) is 21.8 Å². The summed E-state index contributed by atoms with van der Waals surface area (Å²) >= 11 is 0. The van der Waals surface area contributed by atoms with Gasteiger partial charge in [0.25, 0.3) is 0 Å². The molecule has 0 radical (unpaired) electrons. The smallest absolute Gasteiger partial charge is 0.127 e. The highest BCUT2D eigenvalue weighted by Gasteiger charge is 2.60. The van der Waals surface area contributed by atoms with Crippen LogP contribution in [0.3, 0.4) is 0 Å². The van der Waals surface area contributed by atoms with Crippen LogP contribution in [0.15, 0.2) is 6.07 Å². The highest BCUT2D eigenvalue weighted by Crippen LogP contribution is 2.70. The zero-order valence-electron chi connectivity index (χ0n) is 28.8. The summed E-state index contributed by atoms with van der Waals surface area (Å²) in [5, 5.41) is 0. The molecule has 1 aromatic rings. The Balaban J connectivity index is 1.20. The van der Waals surface area contributed by atoms with Crippen LogP contribution in [-0.2, 0) is 26.4 Å². The van der Waals surface area contributed by atoms with Crippen LogP contribution in [0.25, 0.3) is 0 Å². The minimum Gasteiger partial charge on any atom is -0.490 e. The van der Waals surface area contributed by atoms with E-state index in [0.29, 0.717) is 22.3 Å². The summed E-state index contributed by atoms with van der Waals surface area (Å²) in [5.74, 6) is 10.2. The SMILES string of the molecule is CC(C)(C)c1cc(C23CC4CC(CC(C4)C2)C3)c(OCC2CO2)c(C23CC4CC(CC(C4)C2)C3)c1C12CC3CC(CC(C3)C1)C2. The number of benzene rings is 1. The lowest BCUT2D eigenvalue weighted by atomic mass is 9.42. The van der Waals surface area contributed by atoms with E-state index in [9.17, 15) is 0 Å². The standard InChI is InChI=1S/C43H60O2/c1-40(2,3)35-13-36(41-14-25-4-26(15-41)6-27(5-25)16-41)39(45-24-34-23-44-34)38(43-20-31-10-32(21-43)12-33(11-31)22-43)37(35)42-17-28-7-29(18-42)9-30(8-28)19-42/h13,25-34H,4-12,14-24H2,1-3H3. The minimum atomic E-state index is 0.158. The molecule has 2 nitrogen and oxygen atoms in total. The highest BCUT2D eigenvalue weighted by molar-refractivity contribution is 5.62. The molecule has 0 aromatic heterocycles. The van der Waals surface area contributed by atoms with E-state index >= 15 is 0 Å². The molecule has 244 valence electrons. The summed E-state index contributed by atoms with van der Waals surface area (Å²) < 4.78 is 13.4. The second-order valence-corrected chi connectivity index (χ2v) is 21.2. The number of hydrogen-bond acceptors (Lipinski definition) is 2. The van der Waals surface area contributed by atoms with E-state index in [2.05, 4.69) is 26.8 Å². The van der Waals surface area contributed by atoms with Gasteiger partial charge in [-0.3, -0.25) is 0 Å². The van der Waals surface area contributed by atoms with Crippen LogP contribution >= 0.6 is 0 Å². The fourth-order valence-corrected chi connectivity index (χ4v) is 16.5. The Morgan fingerprint density at radius 2 is 0.933 bits per heavy atom. The fourth-order valence-electron chi connectivity index (χ4n) is 16.5. The van der Waals surface area contributed by atoms with Crippen molar-refractivity contribution in [2.24, 2.45) is 53.3 Å². The predicted molar refractivity (Wildman–Crippen MR) is 180 cm³/mol. The normalized spacial score (nSPS) is 51.4.